The summed E-state index contributed by atoms with van der Waals surface area (Å²) in [4.78, 5) is 0. The van der Waals surface area contributed by atoms with Gasteiger partial charge >= 0.3 is 58.2 Å². The predicted molar refractivity (Wildman–Crippen MR) is 100.0 cm³/mol. The summed E-state index contributed by atoms with van der Waals surface area (Å²) in [6, 6.07) is 4.91. The first-order valence-corrected chi connectivity index (χ1v) is 10.2. The standard InChI is InChI=1S/C23H30FO.Rb/c24-21-13-11-20-12-15-22(25-23(20)16-21)14-8-17-6-9-19(10-7-17)18-4-2-1-3-5-18;/h1,8,11,13-14,16-19,22H,2-7,9-10,12,15H2;/q-1;+1/b14-8+;. The van der Waals surface area contributed by atoms with Crippen molar-refractivity contribution >= 4 is 0 Å². The van der Waals surface area contributed by atoms with Gasteiger partial charge in [-0.15, -0.1) is 0 Å². The van der Waals surface area contributed by atoms with Gasteiger partial charge in [0.05, 0.1) is 0 Å². The molecule has 0 spiro atoms. The summed E-state index contributed by atoms with van der Waals surface area (Å²) in [6.07, 6.45) is 20.2. The van der Waals surface area contributed by atoms with Crippen molar-refractivity contribution in [2.45, 2.75) is 70.3 Å². The van der Waals surface area contributed by atoms with E-state index in [9.17, 15) is 4.39 Å². The molecule has 0 radical (unpaired) electrons. The van der Waals surface area contributed by atoms with Crippen LogP contribution in [0.2, 0.25) is 0 Å². The van der Waals surface area contributed by atoms with Crippen LogP contribution in [0.4, 0.5) is 4.39 Å². The van der Waals surface area contributed by atoms with E-state index >= 15 is 0 Å². The van der Waals surface area contributed by atoms with Gasteiger partial charge in [-0.05, 0) is 74.0 Å². The minimum Gasteiger partial charge on any atom is -0.486 e. The summed E-state index contributed by atoms with van der Waals surface area (Å²) in [5.74, 6) is 3.20. The van der Waals surface area contributed by atoms with E-state index in [1.165, 1.54) is 63.5 Å². The first-order valence-electron chi connectivity index (χ1n) is 10.2. The van der Waals surface area contributed by atoms with Crippen LogP contribution in [0.15, 0.2) is 30.4 Å². The van der Waals surface area contributed by atoms with Gasteiger partial charge in [-0.1, -0.05) is 25.0 Å². The topological polar surface area (TPSA) is 9.23 Å². The van der Waals surface area contributed by atoms with Crippen molar-refractivity contribution in [3.8, 4) is 5.75 Å². The number of halogens is 1. The summed E-state index contributed by atoms with van der Waals surface area (Å²) in [5, 5.41) is 0. The van der Waals surface area contributed by atoms with E-state index in [0.717, 1.165) is 36.0 Å². The average molecular weight is 427 g/mol. The zero-order chi connectivity index (χ0) is 17.1. The van der Waals surface area contributed by atoms with E-state index in [4.69, 9.17) is 4.74 Å². The number of hydrogen-bond donors (Lipinski definition) is 0. The largest absolute Gasteiger partial charge is 1.00 e. The predicted octanol–water partition coefficient (Wildman–Crippen LogP) is 3.28. The Labute approximate surface area is 207 Å². The molecule has 0 bridgehead atoms. The molecule has 2 fully saturated rings. The first-order chi connectivity index (χ1) is 12.3. The molecule has 4 rings (SSSR count). The van der Waals surface area contributed by atoms with Gasteiger partial charge in [0.15, 0.2) is 0 Å². The minimum atomic E-state index is -0.206. The molecule has 3 aliphatic rings. The number of allylic oxidation sites excluding steroid dienone is 1. The average Bonchev–Trinajstić information content (AvgIpc) is 2.67. The number of hydrogen-bond acceptors (Lipinski definition) is 1. The Morgan fingerprint density at radius 2 is 1.65 bits per heavy atom. The second-order valence-electron chi connectivity index (χ2n) is 8.21. The van der Waals surface area contributed by atoms with Gasteiger partial charge in [-0.3, -0.25) is 0 Å². The summed E-state index contributed by atoms with van der Waals surface area (Å²) >= 11 is 0. The van der Waals surface area contributed by atoms with E-state index in [2.05, 4.69) is 18.6 Å². The molecule has 3 heteroatoms. The molecule has 0 saturated heterocycles. The van der Waals surface area contributed by atoms with Crippen LogP contribution in [0.1, 0.15) is 63.4 Å². The number of benzene rings is 1. The molecule has 1 atom stereocenters. The monoisotopic (exact) mass is 426 g/mol. The van der Waals surface area contributed by atoms with Crippen molar-refractivity contribution in [2.24, 2.45) is 17.8 Å². The fraction of sp³-hybridized carbons (Fsp3) is 0.609. The molecule has 26 heavy (non-hydrogen) atoms. The number of ether oxygens (including phenoxy) is 1. The molecule has 2 saturated carbocycles. The Hall–Kier alpha value is 0.495. The molecule has 1 aliphatic heterocycles. The Kier molecular flexibility index (Phi) is 8.42. The summed E-state index contributed by atoms with van der Waals surface area (Å²) in [5.41, 5.74) is 1.14. The van der Waals surface area contributed by atoms with Crippen molar-refractivity contribution in [2.75, 3.05) is 0 Å². The second-order valence-corrected chi connectivity index (χ2v) is 8.21. The molecule has 1 nitrogen and oxygen atoms in total. The molecule has 0 N–H and O–H groups in total. The summed E-state index contributed by atoms with van der Waals surface area (Å²) < 4.78 is 19.4. The molecule has 2 aliphatic carbocycles. The molecular formula is C23H30FORb. The van der Waals surface area contributed by atoms with Gasteiger partial charge in [-0.25, -0.2) is 4.39 Å². The molecule has 1 aromatic carbocycles. The Balaban J connectivity index is 0.00000196. The van der Waals surface area contributed by atoms with Gasteiger partial charge in [-0.2, -0.15) is 12.8 Å². The maximum Gasteiger partial charge on any atom is 1.00 e. The Morgan fingerprint density at radius 1 is 0.923 bits per heavy atom. The van der Waals surface area contributed by atoms with Crippen LogP contribution in [-0.2, 0) is 6.42 Å². The zero-order valence-electron chi connectivity index (χ0n) is 16.1. The van der Waals surface area contributed by atoms with Crippen LogP contribution >= 0.6 is 0 Å². The van der Waals surface area contributed by atoms with Crippen LogP contribution in [0.25, 0.3) is 0 Å². The van der Waals surface area contributed by atoms with Gasteiger partial charge in [0.25, 0.3) is 0 Å². The van der Waals surface area contributed by atoms with E-state index in [-0.39, 0.29) is 70.1 Å². The van der Waals surface area contributed by atoms with E-state index in [1.54, 1.807) is 0 Å². The molecule has 1 aromatic rings. The van der Waals surface area contributed by atoms with Crippen molar-refractivity contribution in [1.29, 1.82) is 0 Å². The van der Waals surface area contributed by atoms with Gasteiger partial charge in [0.2, 0.25) is 0 Å². The second kappa shape index (κ2) is 10.3. The molecular weight excluding hydrogens is 397 g/mol. The fourth-order valence-corrected chi connectivity index (χ4v) is 5.01. The molecule has 0 amide bonds. The smallest absolute Gasteiger partial charge is 0.486 e. The van der Waals surface area contributed by atoms with Gasteiger partial charge < -0.3 is 11.2 Å². The fourth-order valence-electron chi connectivity index (χ4n) is 5.01. The summed E-state index contributed by atoms with van der Waals surface area (Å²) in [6.45, 7) is 0. The van der Waals surface area contributed by atoms with E-state index in [0.29, 0.717) is 5.92 Å². The molecule has 1 heterocycles. The number of aryl methyl sites for hydroxylation is 1. The third-order valence-electron chi connectivity index (χ3n) is 6.57. The molecule has 1 unspecified atom stereocenters. The van der Waals surface area contributed by atoms with E-state index < -0.39 is 0 Å². The minimum absolute atomic E-state index is 0. The Bertz CT molecular complexity index is 600. The normalized spacial score (nSPS) is 29.7. The first kappa shape index (κ1) is 21.2. The van der Waals surface area contributed by atoms with Crippen molar-refractivity contribution in [1.82, 2.24) is 0 Å². The maximum absolute atomic E-state index is 13.4. The SMILES string of the molecule is Fc1ccc2c(c1)OC(/C=C/C1CCC(C3CC[CH-]CC3)CC1)CC2.[Rb+]. The summed E-state index contributed by atoms with van der Waals surface area (Å²) in [7, 11) is 0. The van der Waals surface area contributed by atoms with Crippen LogP contribution in [-0.4, -0.2) is 6.10 Å². The third-order valence-corrected chi connectivity index (χ3v) is 6.57. The quantitative estimate of drug-likeness (QED) is 0.532. The maximum atomic E-state index is 13.4. The van der Waals surface area contributed by atoms with Gasteiger partial charge in [0.1, 0.15) is 17.7 Å². The van der Waals surface area contributed by atoms with Crippen LogP contribution < -0.4 is 62.9 Å². The van der Waals surface area contributed by atoms with Crippen molar-refractivity contribution < 1.29 is 67.3 Å². The van der Waals surface area contributed by atoms with Crippen molar-refractivity contribution in [3.05, 3.63) is 48.2 Å². The molecule has 0 aromatic heterocycles. The van der Waals surface area contributed by atoms with E-state index in [1.807, 2.05) is 6.07 Å². The van der Waals surface area contributed by atoms with Crippen LogP contribution in [0.5, 0.6) is 5.75 Å². The van der Waals surface area contributed by atoms with Crippen LogP contribution in [0, 0.1) is 30.0 Å². The number of rotatable bonds is 3. The number of fused-ring (bicyclic) bond motifs is 1. The third kappa shape index (κ3) is 5.52. The molecule has 136 valence electrons. The zero-order valence-corrected chi connectivity index (χ0v) is 21.0. The van der Waals surface area contributed by atoms with Crippen LogP contribution in [0.3, 0.4) is 0 Å². The van der Waals surface area contributed by atoms with Crippen molar-refractivity contribution in [3.63, 3.8) is 0 Å². The Morgan fingerprint density at radius 3 is 2.42 bits per heavy atom. The van der Waals surface area contributed by atoms with Gasteiger partial charge in [0, 0.05) is 6.07 Å².